The summed E-state index contributed by atoms with van der Waals surface area (Å²) in [7, 11) is 0. The van der Waals surface area contributed by atoms with Crippen LogP contribution in [0.25, 0.3) is 49.7 Å². The van der Waals surface area contributed by atoms with Crippen molar-refractivity contribution in [3.8, 4) is 27.9 Å². The molecule has 0 radical (unpaired) electrons. The molecule has 5 aliphatic carbocycles. The predicted molar refractivity (Wildman–Crippen MR) is 238 cm³/mol. The second-order valence-corrected chi connectivity index (χ2v) is 18.4. The smallest absolute Gasteiger partial charge is 0.0541 e. The molecular formula is C55H48N2. The van der Waals surface area contributed by atoms with Crippen molar-refractivity contribution in [3.63, 3.8) is 0 Å². The van der Waals surface area contributed by atoms with Gasteiger partial charge in [-0.15, -0.1) is 0 Å². The molecule has 0 atom stereocenters. The van der Waals surface area contributed by atoms with Crippen LogP contribution < -0.4 is 4.90 Å². The standard InChI is InChI=1S/C55H48N2/c1-54(2)50-14-8-6-12-46(50)47-26-25-45(32-51(47)54)56(44-23-19-41(20-24-44)55-33-36-28-37(34-55)30-38(29-36)35-55)43-21-16-39(17-22-43)40-18-27-53-49(31-40)48-13-7-9-15-52(48)57(53)42-10-4-3-5-11-42/h3-27,31-32,36-38H,28-30,33-35H2,1-2H3. The molecule has 4 saturated carbocycles. The highest BCUT2D eigenvalue weighted by Gasteiger charge is 2.51. The van der Waals surface area contributed by atoms with Crippen LogP contribution in [-0.2, 0) is 10.8 Å². The second kappa shape index (κ2) is 12.3. The molecule has 278 valence electrons. The lowest BCUT2D eigenvalue weighted by atomic mass is 9.48. The number of fused-ring (bicyclic) bond motifs is 6. The highest BCUT2D eigenvalue weighted by molar-refractivity contribution is 6.10. The minimum Gasteiger partial charge on any atom is -0.310 e. The first-order valence-electron chi connectivity index (χ1n) is 21.3. The molecule has 0 spiro atoms. The van der Waals surface area contributed by atoms with Crippen molar-refractivity contribution in [2.75, 3.05) is 4.90 Å². The molecule has 2 nitrogen and oxygen atoms in total. The molecular weight excluding hydrogens is 689 g/mol. The summed E-state index contributed by atoms with van der Waals surface area (Å²) in [6.07, 6.45) is 8.60. The van der Waals surface area contributed by atoms with E-state index in [9.17, 15) is 0 Å². The van der Waals surface area contributed by atoms with E-state index in [0.717, 1.165) is 17.8 Å². The molecule has 13 rings (SSSR count). The monoisotopic (exact) mass is 736 g/mol. The molecule has 4 bridgehead atoms. The molecule has 0 N–H and O–H groups in total. The molecule has 1 heterocycles. The van der Waals surface area contributed by atoms with Crippen molar-refractivity contribution in [1.29, 1.82) is 0 Å². The Morgan fingerprint density at radius 1 is 0.474 bits per heavy atom. The van der Waals surface area contributed by atoms with E-state index in [-0.39, 0.29) is 5.41 Å². The molecule has 0 aliphatic heterocycles. The Morgan fingerprint density at radius 2 is 1.05 bits per heavy atom. The van der Waals surface area contributed by atoms with Gasteiger partial charge in [-0.25, -0.2) is 0 Å². The van der Waals surface area contributed by atoms with Gasteiger partial charge in [0, 0.05) is 38.9 Å². The highest BCUT2D eigenvalue weighted by Crippen LogP contribution is 2.61. The van der Waals surface area contributed by atoms with Gasteiger partial charge in [-0.05, 0) is 167 Å². The lowest BCUT2D eigenvalue weighted by molar-refractivity contribution is -0.00518. The van der Waals surface area contributed by atoms with Crippen LogP contribution in [0.2, 0.25) is 0 Å². The lowest BCUT2D eigenvalue weighted by Gasteiger charge is -2.57. The summed E-state index contributed by atoms with van der Waals surface area (Å²) >= 11 is 0. The summed E-state index contributed by atoms with van der Waals surface area (Å²) in [4.78, 5) is 2.49. The molecule has 0 unspecified atom stereocenters. The van der Waals surface area contributed by atoms with Gasteiger partial charge in [0.25, 0.3) is 0 Å². The summed E-state index contributed by atoms with van der Waals surface area (Å²) in [5.74, 6) is 2.81. The normalized spacial score (nSPS) is 22.5. The quantitative estimate of drug-likeness (QED) is 0.165. The summed E-state index contributed by atoms with van der Waals surface area (Å²) in [6, 6.07) is 61.7. The number of rotatable bonds is 6. The largest absolute Gasteiger partial charge is 0.310 e. The third-order valence-corrected chi connectivity index (χ3v) is 14.7. The average Bonchev–Trinajstić information content (AvgIpc) is 3.69. The van der Waals surface area contributed by atoms with E-state index in [2.05, 4.69) is 187 Å². The minimum absolute atomic E-state index is 0.0674. The van der Waals surface area contributed by atoms with Gasteiger partial charge in [0.1, 0.15) is 0 Å². The summed E-state index contributed by atoms with van der Waals surface area (Å²) in [5.41, 5.74) is 17.1. The number of para-hydroxylation sites is 2. The third-order valence-electron chi connectivity index (χ3n) is 14.7. The fourth-order valence-electron chi connectivity index (χ4n) is 12.5. The third kappa shape index (κ3) is 5.09. The van der Waals surface area contributed by atoms with Gasteiger partial charge >= 0.3 is 0 Å². The maximum Gasteiger partial charge on any atom is 0.0541 e. The van der Waals surface area contributed by atoms with E-state index in [1.54, 1.807) is 5.56 Å². The fraction of sp³-hybridized carbons (Fsp3) is 0.236. The van der Waals surface area contributed by atoms with E-state index in [1.165, 1.54) is 116 Å². The Balaban J connectivity index is 0.947. The molecule has 4 fully saturated rings. The van der Waals surface area contributed by atoms with Crippen molar-refractivity contribution >= 4 is 38.9 Å². The van der Waals surface area contributed by atoms with Crippen molar-refractivity contribution in [1.82, 2.24) is 4.57 Å². The molecule has 5 aliphatic rings. The second-order valence-electron chi connectivity index (χ2n) is 18.4. The molecule has 57 heavy (non-hydrogen) atoms. The number of nitrogens with zero attached hydrogens (tertiary/aromatic N) is 2. The predicted octanol–water partition coefficient (Wildman–Crippen LogP) is 14.7. The summed E-state index contributed by atoms with van der Waals surface area (Å²) in [6.45, 7) is 4.77. The average molecular weight is 737 g/mol. The van der Waals surface area contributed by atoms with Crippen LogP contribution >= 0.6 is 0 Å². The molecule has 7 aromatic carbocycles. The van der Waals surface area contributed by atoms with Gasteiger partial charge in [-0.2, -0.15) is 0 Å². The van der Waals surface area contributed by atoms with Crippen molar-refractivity contribution in [2.45, 2.75) is 63.2 Å². The zero-order valence-corrected chi connectivity index (χ0v) is 33.0. The number of hydrogen-bond acceptors (Lipinski definition) is 1. The van der Waals surface area contributed by atoms with E-state index in [1.807, 2.05) is 0 Å². The van der Waals surface area contributed by atoms with Crippen LogP contribution in [0.4, 0.5) is 17.1 Å². The zero-order chi connectivity index (χ0) is 37.9. The number of aromatic nitrogens is 1. The van der Waals surface area contributed by atoms with E-state index < -0.39 is 0 Å². The van der Waals surface area contributed by atoms with E-state index in [0.29, 0.717) is 5.41 Å². The Labute approximate surface area is 336 Å². The Bertz CT molecular complexity index is 2800. The topological polar surface area (TPSA) is 8.17 Å². The fourth-order valence-corrected chi connectivity index (χ4v) is 12.5. The Hall–Kier alpha value is -5.86. The summed E-state index contributed by atoms with van der Waals surface area (Å²) < 4.78 is 2.39. The van der Waals surface area contributed by atoms with Gasteiger partial charge in [0.2, 0.25) is 0 Å². The molecule has 0 amide bonds. The van der Waals surface area contributed by atoms with Crippen LogP contribution in [0.5, 0.6) is 0 Å². The first kappa shape index (κ1) is 33.3. The van der Waals surface area contributed by atoms with Gasteiger partial charge in [-0.1, -0.05) is 111 Å². The zero-order valence-electron chi connectivity index (χ0n) is 33.0. The lowest BCUT2D eigenvalue weighted by Crippen LogP contribution is -2.48. The SMILES string of the molecule is CC1(C)c2ccccc2-c2ccc(N(c3ccc(-c4ccc5c(c4)c4ccccc4n5-c4ccccc4)cc3)c3ccc(C45CC6CC(CC(C6)C4)C5)cc3)cc21. The first-order chi connectivity index (χ1) is 27.9. The van der Waals surface area contributed by atoms with Crippen molar-refractivity contribution in [2.24, 2.45) is 17.8 Å². The first-order valence-corrected chi connectivity index (χ1v) is 21.3. The van der Waals surface area contributed by atoms with Crippen LogP contribution in [0.1, 0.15) is 69.1 Å². The van der Waals surface area contributed by atoms with Gasteiger partial charge in [0.15, 0.2) is 0 Å². The van der Waals surface area contributed by atoms with Crippen LogP contribution in [0, 0.1) is 17.8 Å². The highest BCUT2D eigenvalue weighted by atomic mass is 15.1. The van der Waals surface area contributed by atoms with E-state index in [4.69, 9.17) is 0 Å². The van der Waals surface area contributed by atoms with Crippen LogP contribution in [0.15, 0.2) is 164 Å². The minimum atomic E-state index is -0.0674. The van der Waals surface area contributed by atoms with Gasteiger partial charge < -0.3 is 9.47 Å². The molecule has 8 aromatic rings. The molecule has 1 aromatic heterocycles. The summed E-state index contributed by atoms with van der Waals surface area (Å²) in [5, 5.41) is 2.55. The molecule has 2 heteroatoms. The van der Waals surface area contributed by atoms with Crippen LogP contribution in [0.3, 0.4) is 0 Å². The van der Waals surface area contributed by atoms with Gasteiger partial charge in [0.05, 0.1) is 11.0 Å². The number of benzene rings is 7. The maximum atomic E-state index is 2.50. The van der Waals surface area contributed by atoms with Gasteiger partial charge in [-0.3, -0.25) is 0 Å². The van der Waals surface area contributed by atoms with E-state index >= 15 is 0 Å². The molecule has 0 saturated heterocycles. The van der Waals surface area contributed by atoms with Crippen molar-refractivity contribution in [3.05, 3.63) is 180 Å². The van der Waals surface area contributed by atoms with Crippen LogP contribution in [-0.4, -0.2) is 4.57 Å². The number of hydrogen-bond donors (Lipinski definition) is 0. The Morgan fingerprint density at radius 3 is 1.79 bits per heavy atom. The van der Waals surface area contributed by atoms with Crippen molar-refractivity contribution < 1.29 is 0 Å². The Kier molecular flexibility index (Phi) is 7.20. The maximum absolute atomic E-state index is 2.50. The number of anilines is 3.